The molecule has 21 heavy (non-hydrogen) atoms. The molecule has 3 rings (SSSR count). The number of anilines is 1. The molecule has 0 aliphatic heterocycles. The fraction of sp³-hybridized carbons (Fsp3) is 0.385. The topological polar surface area (TPSA) is 116 Å². The van der Waals surface area contributed by atoms with Gasteiger partial charge in [-0.2, -0.15) is 5.10 Å². The van der Waals surface area contributed by atoms with Crippen molar-refractivity contribution in [2.24, 2.45) is 0 Å². The van der Waals surface area contributed by atoms with Gasteiger partial charge in [-0.25, -0.2) is 14.6 Å². The number of nitrogen functional groups attached to an aromatic ring is 1. The molecule has 0 saturated carbocycles. The molecular weight excluding hydrogens is 272 g/mol. The number of hydrogen-bond donors (Lipinski definition) is 2. The van der Waals surface area contributed by atoms with E-state index in [-0.39, 0.29) is 6.04 Å². The minimum atomic E-state index is -0.738. The smallest absolute Gasteiger partial charge is 0.165 e. The van der Waals surface area contributed by atoms with Gasteiger partial charge in [0.15, 0.2) is 11.4 Å². The minimum absolute atomic E-state index is 0.110. The van der Waals surface area contributed by atoms with Crippen LogP contribution < -0.4 is 5.73 Å². The molecule has 8 heteroatoms. The lowest BCUT2D eigenvalue weighted by Gasteiger charge is -2.05. The average molecular weight is 288 g/mol. The monoisotopic (exact) mass is 288 g/mol. The van der Waals surface area contributed by atoms with Crippen molar-refractivity contribution in [3.05, 3.63) is 18.2 Å². The zero-order valence-corrected chi connectivity index (χ0v) is 12.0. The van der Waals surface area contributed by atoms with Gasteiger partial charge < -0.3 is 15.4 Å². The third kappa shape index (κ3) is 2.13. The Morgan fingerprint density at radius 2 is 2.05 bits per heavy atom. The number of nitrogens with zero attached hydrogens (tertiary/aromatic N) is 5. The maximum absolute atomic E-state index is 9.54. The van der Waals surface area contributed by atoms with E-state index in [0.717, 1.165) is 0 Å². The number of hydrogen-bond acceptors (Lipinski definition) is 7. The Morgan fingerprint density at radius 3 is 2.67 bits per heavy atom. The van der Waals surface area contributed by atoms with Gasteiger partial charge in [0.05, 0.1) is 5.39 Å². The molecule has 0 bridgehead atoms. The van der Waals surface area contributed by atoms with Gasteiger partial charge in [-0.1, -0.05) is 5.16 Å². The Hall–Kier alpha value is -2.48. The Morgan fingerprint density at radius 1 is 1.29 bits per heavy atom. The van der Waals surface area contributed by atoms with Crippen molar-refractivity contribution in [1.82, 2.24) is 24.9 Å². The normalized spacial score (nSPS) is 13.2. The highest BCUT2D eigenvalue weighted by molar-refractivity contribution is 5.97. The van der Waals surface area contributed by atoms with Gasteiger partial charge in [0.2, 0.25) is 0 Å². The summed E-state index contributed by atoms with van der Waals surface area (Å²) in [6, 6.07) is 1.75. The Bertz CT molecular complexity index is 789. The second kappa shape index (κ2) is 4.81. The highest BCUT2D eigenvalue weighted by atomic mass is 16.5. The largest absolute Gasteiger partial charge is 0.385 e. The van der Waals surface area contributed by atoms with E-state index in [1.807, 2.05) is 13.8 Å². The second-order valence-corrected chi connectivity index (χ2v) is 5.13. The van der Waals surface area contributed by atoms with Crippen molar-refractivity contribution in [1.29, 1.82) is 0 Å². The molecule has 0 aliphatic carbocycles. The summed E-state index contributed by atoms with van der Waals surface area (Å²) in [5.41, 5.74) is 7.66. The van der Waals surface area contributed by atoms with Gasteiger partial charge in [-0.15, -0.1) is 0 Å². The zero-order chi connectivity index (χ0) is 15.1. The Kier molecular flexibility index (Phi) is 3.09. The molecule has 0 radical (unpaired) electrons. The summed E-state index contributed by atoms with van der Waals surface area (Å²) in [6.07, 6.45) is 0.671. The van der Waals surface area contributed by atoms with E-state index in [9.17, 15) is 5.11 Å². The van der Waals surface area contributed by atoms with Crippen LogP contribution in [0, 0.1) is 0 Å². The van der Waals surface area contributed by atoms with Gasteiger partial charge in [0.25, 0.3) is 0 Å². The lowest BCUT2D eigenvalue weighted by molar-refractivity contribution is 0.158. The Labute approximate surface area is 120 Å². The zero-order valence-electron chi connectivity index (χ0n) is 12.0. The van der Waals surface area contributed by atoms with Gasteiger partial charge >= 0.3 is 0 Å². The lowest BCUT2D eigenvalue weighted by Crippen LogP contribution is -2.04. The first-order valence-electron chi connectivity index (χ1n) is 6.62. The van der Waals surface area contributed by atoms with Crippen LogP contribution in [0.5, 0.6) is 0 Å². The van der Waals surface area contributed by atoms with Crippen LogP contribution in [0.15, 0.2) is 16.9 Å². The van der Waals surface area contributed by atoms with E-state index in [1.165, 1.54) is 6.33 Å². The van der Waals surface area contributed by atoms with Crippen molar-refractivity contribution in [2.45, 2.75) is 32.9 Å². The first-order chi connectivity index (χ1) is 9.99. The number of aliphatic hydroxyl groups is 1. The predicted molar refractivity (Wildman–Crippen MR) is 76.3 cm³/mol. The third-order valence-corrected chi connectivity index (χ3v) is 3.19. The number of rotatable bonds is 3. The number of aliphatic hydroxyl groups excluding tert-OH is 1. The van der Waals surface area contributed by atoms with E-state index in [4.69, 9.17) is 10.3 Å². The van der Waals surface area contributed by atoms with Crippen LogP contribution in [0.4, 0.5) is 5.82 Å². The maximum atomic E-state index is 9.54. The molecule has 8 nitrogen and oxygen atoms in total. The molecule has 110 valence electrons. The van der Waals surface area contributed by atoms with Gasteiger partial charge in [0.1, 0.15) is 29.6 Å². The number of fused-ring (bicyclic) bond motifs is 1. The molecule has 1 unspecified atom stereocenters. The van der Waals surface area contributed by atoms with Crippen LogP contribution in [-0.4, -0.2) is 30.0 Å². The molecule has 3 aromatic rings. The lowest BCUT2D eigenvalue weighted by atomic mass is 10.2. The average Bonchev–Trinajstić information content (AvgIpc) is 3.03. The fourth-order valence-electron chi connectivity index (χ4n) is 2.13. The van der Waals surface area contributed by atoms with Crippen molar-refractivity contribution in [2.75, 3.05) is 5.73 Å². The molecule has 0 saturated heterocycles. The summed E-state index contributed by atoms with van der Waals surface area (Å²) >= 11 is 0. The molecular formula is C13H16N6O2. The predicted octanol–water partition coefficient (Wildman–Crippen LogP) is 1.70. The quantitative estimate of drug-likeness (QED) is 0.753. The molecule has 0 amide bonds. The van der Waals surface area contributed by atoms with Gasteiger partial charge in [-0.3, -0.25) is 0 Å². The van der Waals surface area contributed by atoms with Gasteiger partial charge in [-0.05, 0) is 20.8 Å². The molecule has 1 atom stereocenters. The first kappa shape index (κ1) is 13.5. The summed E-state index contributed by atoms with van der Waals surface area (Å²) in [4.78, 5) is 8.27. The minimum Gasteiger partial charge on any atom is -0.385 e. The standard InChI is InChI=1S/C13H16N6O2/c1-6(2)19-13-10(12(14)15-5-16-13)11(17-19)8-4-9(7(3)20)21-18-8/h4-7,20H,1-3H3,(H2,14,15,16). The van der Waals surface area contributed by atoms with Crippen molar-refractivity contribution < 1.29 is 9.63 Å². The summed E-state index contributed by atoms with van der Waals surface area (Å²) in [6.45, 7) is 5.60. The molecule has 3 aromatic heterocycles. The van der Waals surface area contributed by atoms with Crippen LogP contribution >= 0.6 is 0 Å². The van der Waals surface area contributed by atoms with Crippen LogP contribution in [0.25, 0.3) is 22.4 Å². The van der Waals surface area contributed by atoms with Crippen molar-refractivity contribution in [3.8, 4) is 11.4 Å². The molecule has 0 fully saturated rings. The van der Waals surface area contributed by atoms with Gasteiger partial charge in [0, 0.05) is 12.1 Å². The summed E-state index contributed by atoms with van der Waals surface area (Å²) < 4.78 is 6.87. The molecule has 3 heterocycles. The van der Waals surface area contributed by atoms with Crippen molar-refractivity contribution >= 4 is 16.9 Å². The second-order valence-electron chi connectivity index (χ2n) is 5.13. The van der Waals surface area contributed by atoms with E-state index < -0.39 is 6.10 Å². The van der Waals surface area contributed by atoms with Crippen LogP contribution in [-0.2, 0) is 0 Å². The molecule has 3 N–H and O–H groups in total. The molecule has 0 aromatic carbocycles. The molecule has 0 spiro atoms. The number of nitrogens with two attached hydrogens (primary N) is 1. The highest BCUT2D eigenvalue weighted by Gasteiger charge is 2.21. The van der Waals surface area contributed by atoms with E-state index >= 15 is 0 Å². The van der Waals surface area contributed by atoms with E-state index in [0.29, 0.717) is 34.0 Å². The summed E-state index contributed by atoms with van der Waals surface area (Å²) in [5.74, 6) is 0.705. The van der Waals surface area contributed by atoms with E-state index in [2.05, 4.69) is 20.2 Å². The summed E-state index contributed by atoms with van der Waals surface area (Å²) in [5, 5.41) is 18.6. The Balaban J connectivity index is 2.26. The maximum Gasteiger partial charge on any atom is 0.165 e. The SMILES string of the molecule is CC(O)c1cc(-c2nn(C(C)C)c3ncnc(N)c23)no1. The number of aromatic nitrogens is 5. The fourth-order valence-corrected chi connectivity index (χ4v) is 2.13. The van der Waals surface area contributed by atoms with E-state index in [1.54, 1.807) is 17.7 Å². The molecule has 0 aliphatic rings. The third-order valence-electron chi connectivity index (χ3n) is 3.19. The van der Waals surface area contributed by atoms with Crippen molar-refractivity contribution in [3.63, 3.8) is 0 Å². The first-order valence-corrected chi connectivity index (χ1v) is 6.62. The van der Waals surface area contributed by atoms with Crippen LogP contribution in [0.1, 0.15) is 38.7 Å². The van der Waals surface area contributed by atoms with Crippen LogP contribution in [0.2, 0.25) is 0 Å². The summed E-state index contributed by atoms with van der Waals surface area (Å²) in [7, 11) is 0. The highest BCUT2D eigenvalue weighted by Crippen LogP contribution is 2.31. The van der Waals surface area contributed by atoms with Crippen LogP contribution in [0.3, 0.4) is 0 Å².